The molecule has 0 aromatic heterocycles. The zero-order valence-corrected chi connectivity index (χ0v) is 10.9. The number of carbonyl (C=O) groups is 2. The van der Waals surface area contributed by atoms with Crippen LogP contribution in [-0.4, -0.2) is 29.2 Å². The first-order chi connectivity index (χ1) is 8.95. The molecule has 0 bridgehead atoms. The Bertz CT molecular complexity index is 484. The highest BCUT2D eigenvalue weighted by atomic mass is 16.5. The molecule has 0 spiro atoms. The highest BCUT2D eigenvalue weighted by molar-refractivity contribution is 5.92. The number of aryl methyl sites for hydroxylation is 1. The number of carboxylic acid groups (broad SMARTS) is 1. The largest absolute Gasteiger partial charge is 0.505 e. The van der Waals surface area contributed by atoms with Crippen molar-refractivity contribution in [2.75, 3.05) is 12.4 Å². The molecular formula is C13H17NO5. The van der Waals surface area contributed by atoms with Gasteiger partial charge >= 0.3 is 5.97 Å². The summed E-state index contributed by atoms with van der Waals surface area (Å²) in [6, 6.07) is 3.28. The van der Waals surface area contributed by atoms with Gasteiger partial charge < -0.3 is 20.3 Å². The number of phenols is 1. The van der Waals surface area contributed by atoms with Crippen molar-refractivity contribution >= 4 is 17.6 Å². The van der Waals surface area contributed by atoms with Crippen LogP contribution in [0.5, 0.6) is 11.5 Å². The van der Waals surface area contributed by atoms with Gasteiger partial charge in [-0.15, -0.1) is 0 Å². The number of carboxylic acids is 1. The van der Waals surface area contributed by atoms with Crippen LogP contribution in [0.2, 0.25) is 0 Å². The van der Waals surface area contributed by atoms with Gasteiger partial charge in [-0.05, 0) is 24.5 Å². The number of hydrogen-bond acceptors (Lipinski definition) is 4. The number of nitrogens with one attached hydrogen (secondary N) is 1. The zero-order chi connectivity index (χ0) is 14.4. The molecule has 19 heavy (non-hydrogen) atoms. The minimum atomic E-state index is -0.880. The van der Waals surface area contributed by atoms with Gasteiger partial charge in [0.25, 0.3) is 0 Å². The lowest BCUT2D eigenvalue weighted by Gasteiger charge is -2.14. The van der Waals surface area contributed by atoms with Gasteiger partial charge in [0, 0.05) is 13.3 Å². The van der Waals surface area contributed by atoms with Crippen LogP contribution < -0.4 is 10.1 Å². The van der Waals surface area contributed by atoms with Crippen molar-refractivity contribution in [1.82, 2.24) is 0 Å². The van der Waals surface area contributed by atoms with Crippen LogP contribution in [0.15, 0.2) is 12.1 Å². The summed E-state index contributed by atoms with van der Waals surface area (Å²) in [7, 11) is 1.43. The SMILES string of the molecule is COc1ccc(CCCC(=O)O)c(O)c1NC(C)=O. The lowest BCUT2D eigenvalue weighted by Crippen LogP contribution is -2.08. The molecule has 6 nitrogen and oxygen atoms in total. The second kappa shape index (κ2) is 6.63. The van der Waals surface area contributed by atoms with E-state index in [9.17, 15) is 14.7 Å². The Morgan fingerprint density at radius 3 is 2.58 bits per heavy atom. The third kappa shape index (κ3) is 4.17. The second-order valence-corrected chi connectivity index (χ2v) is 4.08. The molecule has 0 saturated carbocycles. The van der Waals surface area contributed by atoms with E-state index in [-0.39, 0.29) is 23.8 Å². The fourth-order valence-electron chi connectivity index (χ4n) is 1.71. The number of ether oxygens (including phenoxy) is 1. The number of rotatable bonds is 6. The predicted molar refractivity (Wildman–Crippen MR) is 69.5 cm³/mol. The van der Waals surface area contributed by atoms with Crippen LogP contribution >= 0.6 is 0 Å². The average Bonchev–Trinajstić information content (AvgIpc) is 2.33. The lowest BCUT2D eigenvalue weighted by molar-refractivity contribution is -0.137. The maximum absolute atomic E-state index is 11.1. The molecule has 0 aliphatic heterocycles. The first kappa shape index (κ1) is 14.8. The first-order valence-electron chi connectivity index (χ1n) is 5.84. The Morgan fingerprint density at radius 2 is 2.05 bits per heavy atom. The second-order valence-electron chi connectivity index (χ2n) is 4.08. The topological polar surface area (TPSA) is 95.9 Å². The first-order valence-corrected chi connectivity index (χ1v) is 5.84. The molecule has 1 aromatic carbocycles. The number of carbonyl (C=O) groups excluding carboxylic acids is 1. The molecule has 0 unspecified atom stereocenters. The Hall–Kier alpha value is -2.24. The van der Waals surface area contributed by atoms with E-state index in [0.717, 1.165) is 0 Å². The minimum absolute atomic E-state index is 0.0287. The number of benzene rings is 1. The molecule has 1 rings (SSSR count). The van der Waals surface area contributed by atoms with Crippen LogP contribution in [0, 0.1) is 0 Å². The standard InChI is InChI=1S/C13H17NO5/c1-8(15)14-12-10(19-2)7-6-9(13(12)18)4-3-5-11(16)17/h6-7,18H,3-5H2,1-2H3,(H,14,15)(H,16,17). The van der Waals surface area contributed by atoms with Crippen molar-refractivity contribution in [3.63, 3.8) is 0 Å². The normalized spacial score (nSPS) is 10.0. The van der Waals surface area contributed by atoms with Crippen LogP contribution in [-0.2, 0) is 16.0 Å². The predicted octanol–water partition coefficient (Wildman–Crippen LogP) is 1.77. The fraction of sp³-hybridized carbons (Fsp3) is 0.385. The molecule has 6 heteroatoms. The van der Waals surface area contributed by atoms with E-state index < -0.39 is 5.97 Å². The van der Waals surface area contributed by atoms with E-state index in [4.69, 9.17) is 9.84 Å². The molecular weight excluding hydrogens is 250 g/mol. The van der Waals surface area contributed by atoms with E-state index >= 15 is 0 Å². The fourth-order valence-corrected chi connectivity index (χ4v) is 1.71. The highest BCUT2D eigenvalue weighted by Crippen LogP contribution is 2.37. The van der Waals surface area contributed by atoms with Crippen molar-refractivity contribution < 1.29 is 24.5 Å². The molecule has 1 aromatic rings. The van der Waals surface area contributed by atoms with Crippen molar-refractivity contribution in [2.45, 2.75) is 26.2 Å². The van der Waals surface area contributed by atoms with Crippen LogP contribution in [0.4, 0.5) is 5.69 Å². The van der Waals surface area contributed by atoms with E-state index in [1.54, 1.807) is 12.1 Å². The van der Waals surface area contributed by atoms with Crippen molar-refractivity contribution in [3.05, 3.63) is 17.7 Å². The smallest absolute Gasteiger partial charge is 0.303 e. The Morgan fingerprint density at radius 1 is 1.37 bits per heavy atom. The minimum Gasteiger partial charge on any atom is -0.505 e. The van der Waals surface area contributed by atoms with E-state index in [0.29, 0.717) is 24.2 Å². The number of anilines is 1. The van der Waals surface area contributed by atoms with Crippen molar-refractivity contribution in [3.8, 4) is 11.5 Å². The third-order valence-corrected chi connectivity index (χ3v) is 2.58. The van der Waals surface area contributed by atoms with Crippen molar-refractivity contribution in [2.24, 2.45) is 0 Å². The summed E-state index contributed by atoms with van der Waals surface area (Å²) in [6.45, 7) is 1.33. The van der Waals surface area contributed by atoms with Gasteiger partial charge in [0.05, 0.1) is 7.11 Å². The van der Waals surface area contributed by atoms with Crippen LogP contribution in [0.1, 0.15) is 25.3 Å². The summed E-state index contributed by atoms with van der Waals surface area (Å²) in [6.07, 6.45) is 0.852. The Labute approximate surface area is 111 Å². The molecule has 1 amide bonds. The summed E-state index contributed by atoms with van der Waals surface area (Å²) in [5.41, 5.74) is 0.786. The van der Waals surface area contributed by atoms with Gasteiger partial charge in [-0.25, -0.2) is 0 Å². The maximum atomic E-state index is 11.1. The number of hydrogen-bond donors (Lipinski definition) is 3. The maximum Gasteiger partial charge on any atom is 0.303 e. The molecule has 0 saturated heterocycles. The van der Waals surface area contributed by atoms with E-state index in [1.165, 1.54) is 14.0 Å². The molecule has 0 fully saturated rings. The molecule has 3 N–H and O–H groups in total. The molecule has 0 aliphatic carbocycles. The zero-order valence-electron chi connectivity index (χ0n) is 10.9. The molecule has 0 atom stereocenters. The Balaban J connectivity index is 2.94. The summed E-state index contributed by atoms with van der Waals surface area (Å²) < 4.78 is 5.06. The summed E-state index contributed by atoms with van der Waals surface area (Å²) in [5, 5.41) is 21.2. The molecule has 0 radical (unpaired) electrons. The molecule has 0 heterocycles. The Kier molecular flexibility index (Phi) is 5.17. The number of amides is 1. The molecule has 0 aliphatic rings. The number of methoxy groups -OCH3 is 1. The highest BCUT2D eigenvalue weighted by Gasteiger charge is 2.14. The van der Waals surface area contributed by atoms with E-state index in [1.807, 2.05) is 0 Å². The summed E-state index contributed by atoms with van der Waals surface area (Å²) >= 11 is 0. The monoisotopic (exact) mass is 267 g/mol. The third-order valence-electron chi connectivity index (χ3n) is 2.58. The van der Waals surface area contributed by atoms with Gasteiger partial charge in [0.1, 0.15) is 17.2 Å². The number of phenolic OH excluding ortho intramolecular Hbond substituents is 1. The van der Waals surface area contributed by atoms with Crippen LogP contribution in [0.25, 0.3) is 0 Å². The van der Waals surface area contributed by atoms with Gasteiger partial charge in [0.2, 0.25) is 5.91 Å². The summed E-state index contributed by atoms with van der Waals surface area (Å²) in [4.78, 5) is 21.5. The van der Waals surface area contributed by atoms with Crippen molar-refractivity contribution in [1.29, 1.82) is 0 Å². The van der Waals surface area contributed by atoms with Crippen LogP contribution in [0.3, 0.4) is 0 Å². The summed E-state index contributed by atoms with van der Waals surface area (Å²) in [5.74, 6) is -0.930. The number of aliphatic carboxylic acids is 1. The van der Waals surface area contributed by atoms with Gasteiger partial charge in [-0.1, -0.05) is 6.07 Å². The number of aromatic hydroxyl groups is 1. The lowest BCUT2D eigenvalue weighted by atomic mass is 10.1. The van der Waals surface area contributed by atoms with Gasteiger partial charge in [-0.2, -0.15) is 0 Å². The van der Waals surface area contributed by atoms with Gasteiger partial charge in [-0.3, -0.25) is 9.59 Å². The van der Waals surface area contributed by atoms with E-state index in [2.05, 4.69) is 5.32 Å². The van der Waals surface area contributed by atoms with Gasteiger partial charge in [0.15, 0.2) is 0 Å². The quantitative estimate of drug-likeness (QED) is 0.682. The molecule has 104 valence electrons. The average molecular weight is 267 g/mol.